The van der Waals surface area contributed by atoms with Crippen molar-refractivity contribution in [2.75, 3.05) is 23.1 Å². The highest BCUT2D eigenvalue weighted by atomic mass is 35.5. The number of thioether (sulfide) groups is 1. The minimum Gasteiger partial charge on any atom is -0.354 e. The fourth-order valence-electron chi connectivity index (χ4n) is 3.59. The zero-order chi connectivity index (χ0) is 22.3. The van der Waals surface area contributed by atoms with E-state index in [0.29, 0.717) is 22.5 Å². The summed E-state index contributed by atoms with van der Waals surface area (Å²) in [5.74, 6) is 0.521. The zero-order valence-corrected chi connectivity index (χ0v) is 20.1. The number of halogens is 1. The molecule has 31 heavy (non-hydrogen) atoms. The average Bonchev–Trinajstić information content (AvgIpc) is 2.77. The highest BCUT2D eigenvalue weighted by Gasteiger charge is 2.27. The third kappa shape index (κ3) is 6.89. The summed E-state index contributed by atoms with van der Waals surface area (Å²) in [7, 11) is -3.92. The number of aryl methyl sites for hydroxylation is 1. The summed E-state index contributed by atoms with van der Waals surface area (Å²) < 4.78 is 27.8. The molecular weight excluding hydrogens is 452 g/mol. The van der Waals surface area contributed by atoms with Crippen molar-refractivity contribution in [3.05, 3.63) is 59.1 Å². The Morgan fingerprint density at radius 2 is 1.71 bits per heavy atom. The Morgan fingerprint density at radius 3 is 2.35 bits per heavy atom. The molecule has 1 aliphatic carbocycles. The van der Waals surface area contributed by atoms with Crippen molar-refractivity contribution in [3.8, 4) is 0 Å². The molecule has 8 heteroatoms. The number of carbonyl (C=O) groups is 1. The van der Waals surface area contributed by atoms with E-state index in [-0.39, 0.29) is 17.3 Å². The SMILES string of the molecule is Cc1ccc(N(CC(=O)NCCSC2CCCCC2)S(=O)(=O)c2ccc(Cl)cc2)cc1. The number of nitrogens with zero attached hydrogens (tertiary/aromatic N) is 1. The van der Waals surface area contributed by atoms with Crippen molar-refractivity contribution >= 4 is 45.0 Å². The summed E-state index contributed by atoms with van der Waals surface area (Å²) in [4.78, 5) is 12.7. The number of carbonyl (C=O) groups excluding carboxylic acids is 1. The van der Waals surface area contributed by atoms with E-state index in [1.54, 1.807) is 12.1 Å². The normalized spacial score (nSPS) is 14.9. The van der Waals surface area contributed by atoms with E-state index in [1.165, 1.54) is 56.4 Å². The van der Waals surface area contributed by atoms with Crippen molar-refractivity contribution in [2.45, 2.75) is 49.2 Å². The number of anilines is 1. The van der Waals surface area contributed by atoms with Gasteiger partial charge in [-0.1, -0.05) is 48.6 Å². The van der Waals surface area contributed by atoms with Gasteiger partial charge in [0.2, 0.25) is 5.91 Å². The Kier molecular flexibility index (Phi) is 8.69. The second-order valence-electron chi connectivity index (χ2n) is 7.78. The van der Waals surface area contributed by atoms with Crippen LogP contribution in [0.3, 0.4) is 0 Å². The number of sulfonamides is 1. The van der Waals surface area contributed by atoms with Crippen molar-refractivity contribution in [3.63, 3.8) is 0 Å². The van der Waals surface area contributed by atoms with Crippen LogP contribution in [-0.2, 0) is 14.8 Å². The Bertz CT molecular complexity index is 957. The topological polar surface area (TPSA) is 66.5 Å². The molecule has 168 valence electrons. The fourth-order valence-corrected chi connectivity index (χ4v) is 6.36. The van der Waals surface area contributed by atoms with Crippen LogP contribution in [0.1, 0.15) is 37.7 Å². The maximum atomic E-state index is 13.3. The van der Waals surface area contributed by atoms with E-state index >= 15 is 0 Å². The van der Waals surface area contributed by atoms with Crippen LogP contribution in [0.2, 0.25) is 5.02 Å². The minimum absolute atomic E-state index is 0.0955. The fraction of sp³-hybridized carbons (Fsp3) is 0.435. The third-order valence-electron chi connectivity index (χ3n) is 5.34. The second-order valence-corrected chi connectivity index (χ2v) is 11.5. The molecule has 0 heterocycles. The van der Waals surface area contributed by atoms with Crippen LogP contribution in [0, 0.1) is 6.92 Å². The van der Waals surface area contributed by atoms with Gasteiger partial charge >= 0.3 is 0 Å². The molecular formula is C23H29ClN2O3S2. The first-order chi connectivity index (χ1) is 14.9. The average molecular weight is 481 g/mol. The number of amides is 1. The summed E-state index contributed by atoms with van der Waals surface area (Å²) in [5.41, 5.74) is 1.46. The molecule has 5 nitrogen and oxygen atoms in total. The first-order valence-electron chi connectivity index (χ1n) is 10.6. The van der Waals surface area contributed by atoms with E-state index < -0.39 is 10.0 Å². The van der Waals surface area contributed by atoms with Crippen molar-refractivity contribution < 1.29 is 13.2 Å². The molecule has 0 spiro atoms. The molecule has 2 aromatic rings. The van der Waals surface area contributed by atoms with Crippen LogP contribution in [0.4, 0.5) is 5.69 Å². The molecule has 0 atom stereocenters. The van der Waals surface area contributed by atoms with Gasteiger partial charge in [0.15, 0.2) is 0 Å². The first kappa shape index (κ1) is 24.0. The smallest absolute Gasteiger partial charge is 0.264 e. The molecule has 1 fully saturated rings. The number of hydrogen-bond donors (Lipinski definition) is 1. The largest absolute Gasteiger partial charge is 0.354 e. The van der Waals surface area contributed by atoms with Gasteiger partial charge in [-0.3, -0.25) is 9.10 Å². The van der Waals surface area contributed by atoms with E-state index in [2.05, 4.69) is 5.32 Å². The molecule has 0 bridgehead atoms. The Hall–Kier alpha value is -1.70. The van der Waals surface area contributed by atoms with Gasteiger partial charge in [0.25, 0.3) is 10.0 Å². The summed E-state index contributed by atoms with van der Waals surface area (Å²) in [5, 5.41) is 4.01. The van der Waals surface area contributed by atoms with E-state index in [4.69, 9.17) is 11.6 Å². The molecule has 1 aliphatic rings. The first-order valence-corrected chi connectivity index (χ1v) is 13.5. The molecule has 0 saturated heterocycles. The lowest BCUT2D eigenvalue weighted by Crippen LogP contribution is -2.41. The monoisotopic (exact) mass is 480 g/mol. The number of rotatable bonds is 9. The van der Waals surface area contributed by atoms with Crippen LogP contribution >= 0.6 is 23.4 Å². The van der Waals surface area contributed by atoms with Crippen LogP contribution in [0.25, 0.3) is 0 Å². The maximum Gasteiger partial charge on any atom is 0.264 e. The predicted molar refractivity (Wildman–Crippen MR) is 130 cm³/mol. The Balaban J connectivity index is 1.67. The molecule has 0 aliphatic heterocycles. The van der Waals surface area contributed by atoms with E-state index in [0.717, 1.165) is 15.6 Å². The molecule has 1 saturated carbocycles. The zero-order valence-electron chi connectivity index (χ0n) is 17.7. The van der Waals surface area contributed by atoms with Gasteiger partial charge in [0, 0.05) is 22.6 Å². The van der Waals surface area contributed by atoms with Gasteiger partial charge in [-0.05, 0) is 56.2 Å². The molecule has 2 aromatic carbocycles. The van der Waals surface area contributed by atoms with Crippen molar-refractivity contribution in [2.24, 2.45) is 0 Å². The third-order valence-corrected chi connectivity index (χ3v) is 8.76. The quantitative estimate of drug-likeness (QED) is 0.511. The Labute approximate surface area is 194 Å². The van der Waals surface area contributed by atoms with Crippen LogP contribution in [0.5, 0.6) is 0 Å². The van der Waals surface area contributed by atoms with Gasteiger partial charge in [0.05, 0.1) is 10.6 Å². The van der Waals surface area contributed by atoms with Crippen molar-refractivity contribution in [1.29, 1.82) is 0 Å². The second kappa shape index (κ2) is 11.2. The lowest BCUT2D eigenvalue weighted by atomic mass is 10.0. The molecule has 0 radical (unpaired) electrons. The predicted octanol–water partition coefficient (Wildman–Crippen LogP) is 5.03. The highest BCUT2D eigenvalue weighted by molar-refractivity contribution is 7.99. The molecule has 3 rings (SSSR count). The number of nitrogens with one attached hydrogen (secondary N) is 1. The summed E-state index contributed by atoms with van der Waals surface area (Å²) in [6.07, 6.45) is 6.40. The van der Waals surface area contributed by atoms with Gasteiger partial charge in [-0.2, -0.15) is 11.8 Å². The van der Waals surface area contributed by atoms with E-state index in [9.17, 15) is 13.2 Å². The minimum atomic E-state index is -3.92. The number of hydrogen-bond acceptors (Lipinski definition) is 4. The molecule has 1 amide bonds. The lowest BCUT2D eigenvalue weighted by molar-refractivity contribution is -0.119. The van der Waals surface area contributed by atoms with Crippen molar-refractivity contribution in [1.82, 2.24) is 5.32 Å². The van der Waals surface area contributed by atoms with Gasteiger partial charge < -0.3 is 5.32 Å². The highest BCUT2D eigenvalue weighted by Crippen LogP contribution is 2.28. The van der Waals surface area contributed by atoms with Gasteiger partial charge in [0.1, 0.15) is 6.54 Å². The Morgan fingerprint density at radius 1 is 1.06 bits per heavy atom. The standard InChI is InChI=1S/C23H29ClN2O3S2/c1-18-7-11-20(12-8-18)26(31(28,29)22-13-9-19(24)10-14-22)17-23(27)25-15-16-30-21-5-3-2-4-6-21/h7-14,21H,2-6,15-17H2,1H3,(H,25,27). The maximum absolute atomic E-state index is 13.3. The van der Waals surface area contributed by atoms with Crippen LogP contribution in [-0.4, -0.2) is 38.4 Å². The molecule has 1 N–H and O–H groups in total. The van der Waals surface area contributed by atoms with Crippen LogP contribution < -0.4 is 9.62 Å². The van der Waals surface area contributed by atoms with Gasteiger partial charge in [-0.15, -0.1) is 0 Å². The van der Waals surface area contributed by atoms with Crippen LogP contribution in [0.15, 0.2) is 53.4 Å². The summed E-state index contributed by atoms with van der Waals surface area (Å²) >= 11 is 7.81. The molecule has 0 aromatic heterocycles. The van der Waals surface area contributed by atoms with E-state index in [1.807, 2.05) is 30.8 Å². The summed E-state index contributed by atoms with van der Waals surface area (Å²) in [6, 6.07) is 13.1. The summed E-state index contributed by atoms with van der Waals surface area (Å²) in [6.45, 7) is 2.18. The molecule has 0 unspecified atom stereocenters. The number of benzene rings is 2. The lowest BCUT2D eigenvalue weighted by Gasteiger charge is -2.24. The van der Waals surface area contributed by atoms with Gasteiger partial charge in [-0.25, -0.2) is 8.42 Å².